The Morgan fingerprint density at radius 1 is 1.33 bits per heavy atom. The molecule has 0 radical (unpaired) electrons. The van der Waals surface area contributed by atoms with Gasteiger partial charge in [-0.3, -0.25) is 4.90 Å². The first-order valence-electron chi connectivity index (χ1n) is 6.78. The number of rotatable bonds is 5. The molecule has 0 aromatic heterocycles. The van der Waals surface area contributed by atoms with Crippen molar-refractivity contribution < 1.29 is 22.6 Å². The van der Waals surface area contributed by atoms with Gasteiger partial charge in [0.25, 0.3) is 0 Å². The van der Waals surface area contributed by atoms with Crippen LogP contribution in [0, 0.1) is 0 Å². The second-order valence-electron chi connectivity index (χ2n) is 5.09. The standard InChI is InChI=1S/C14H19F3N2O2/c1-19(10-13-8-18-6-7-20-13)9-11-2-4-12(5-3-11)21-14(15,16)17/h2-5,13,18H,6-10H2,1H3. The van der Waals surface area contributed by atoms with Crippen molar-refractivity contribution in [3.8, 4) is 5.75 Å². The highest BCUT2D eigenvalue weighted by atomic mass is 19.4. The maximum Gasteiger partial charge on any atom is 0.573 e. The molecular formula is C14H19F3N2O2. The summed E-state index contributed by atoms with van der Waals surface area (Å²) in [6, 6.07) is 5.93. The lowest BCUT2D eigenvalue weighted by atomic mass is 10.2. The summed E-state index contributed by atoms with van der Waals surface area (Å²) in [4.78, 5) is 2.08. The van der Waals surface area contributed by atoms with E-state index in [1.165, 1.54) is 12.1 Å². The number of ether oxygens (including phenoxy) is 2. The van der Waals surface area contributed by atoms with Gasteiger partial charge in [-0.15, -0.1) is 13.2 Å². The molecule has 1 aromatic carbocycles. The minimum atomic E-state index is -4.65. The average molecular weight is 304 g/mol. The molecule has 1 unspecified atom stereocenters. The topological polar surface area (TPSA) is 33.7 Å². The molecule has 0 saturated carbocycles. The second-order valence-corrected chi connectivity index (χ2v) is 5.09. The monoisotopic (exact) mass is 304 g/mol. The fourth-order valence-electron chi connectivity index (χ4n) is 2.26. The number of nitrogens with one attached hydrogen (secondary N) is 1. The number of likely N-dealkylation sites (N-methyl/N-ethyl adjacent to an activating group) is 1. The van der Waals surface area contributed by atoms with Gasteiger partial charge in [0.2, 0.25) is 0 Å². The van der Waals surface area contributed by atoms with Crippen molar-refractivity contribution in [1.82, 2.24) is 10.2 Å². The van der Waals surface area contributed by atoms with Gasteiger partial charge >= 0.3 is 6.36 Å². The molecule has 118 valence electrons. The molecule has 1 aliphatic rings. The molecular weight excluding hydrogens is 285 g/mol. The highest BCUT2D eigenvalue weighted by molar-refractivity contribution is 5.27. The molecule has 1 aromatic rings. The molecule has 0 spiro atoms. The normalized spacial score (nSPS) is 19.8. The number of benzene rings is 1. The van der Waals surface area contributed by atoms with Crippen LogP contribution in [0.3, 0.4) is 0 Å². The lowest BCUT2D eigenvalue weighted by Crippen LogP contribution is -2.44. The molecule has 0 bridgehead atoms. The van der Waals surface area contributed by atoms with Gasteiger partial charge in [0, 0.05) is 26.2 Å². The number of hydrogen-bond donors (Lipinski definition) is 1. The highest BCUT2D eigenvalue weighted by Gasteiger charge is 2.30. The van der Waals surface area contributed by atoms with Gasteiger partial charge in [-0.25, -0.2) is 0 Å². The van der Waals surface area contributed by atoms with Crippen molar-refractivity contribution >= 4 is 0 Å². The van der Waals surface area contributed by atoms with E-state index in [0.29, 0.717) is 13.2 Å². The quantitative estimate of drug-likeness (QED) is 0.902. The fraction of sp³-hybridized carbons (Fsp3) is 0.571. The zero-order chi connectivity index (χ0) is 15.3. The second kappa shape index (κ2) is 7.11. The van der Waals surface area contributed by atoms with Crippen LogP contribution in [0.25, 0.3) is 0 Å². The Labute approximate surface area is 121 Å². The fourth-order valence-corrected chi connectivity index (χ4v) is 2.26. The van der Waals surface area contributed by atoms with E-state index in [9.17, 15) is 13.2 Å². The molecule has 7 heteroatoms. The maximum absolute atomic E-state index is 12.1. The van der Waals surface area contributed by atoms with Crippen LogP contribution >= 0.6 is 0 Å². The van der Waals surface area contributed by atoms with Crippen molar-refractivity contribution in [2.75, 3.05) is 33.3 Å². The Morgan fingerprint density at radius 2 is 2.05 bits per heavy atom. The SMILES string of the molecule is CN(Cc1ccc(OC(F)(F)F)cc1)CC1CNCCO1. The van der Waals surface area contributed by atoms with Crippen LogP contribution in [-0.4, -0.2) is 50.7 Å². The van der Waals surface area contributed by atoms with Crippen molar-refractivity contribution in [2.45, 2.75) is 19.0 Å². The van der Waals surface area contributed by atoms with Crippen molar-refractivity contribution in [1.29, 1.82) is 0 Å². The summed E-state index contributed by atoms with van der Waals surface area (Å²) >= 11 is 0. The maximum atomic E-state index is 12.1. The van der Waals surface area contributed by atoms with Gasteiger partial charge in [0.1, 0.15) is 5.75 Å². The Hall–Kier alpha value is -1.31. The molecule has 1 fully saturated rings. The number of morpholine rings is 1. The van der Waals surface area contributed by atoms with E-state index in [4.69, 9.17) is 4.74 Å². The molecule has 1 N–H and O–H groups in total. The van der Waals surface area contributed by atoms with E-state index in [0.717, 1.165) is 25.2 Å². The largest absolute Gasteiger partial charge is 0.573 e. The van der Waals surface area contributed by atoms with Gasteiger partial charge in [-0.2, -0.15) is 0 Å². The van der Waals surface area contributed by atoms with Gasteiger partial charge in [-0.05, 0) is 24.7 Å². The summed E-state index contributed by atoms with van der Waals surface area (Å²) in [5, 5.41) is 3.26. The number of alkyl halides is 3. The average Bonchev–Trinajstić information content (AvgIpc) is 2.40. The number of nitrogens with zero attached hydrogens (tertiary/aromatic N) is 1. The summed E-state index contributed by atoms with van der Waals surface area (Å²) in [6.45, 7) is 3.82. The molecule has 4 nitrogen and oxygen atoms in total. The zero-order valence-electron chi connectivity index (χ0n) is 11.8. The third-order valence-corrected chi connectivity index (χ3v) is 3.13. The third kappa shape index (κ3) is 5.91. The first-order valence-corrected chi connectivity index (χ1v) is 6.78. The van der Waals surface area contributed by atoms with Crippen LogP contribution in [0.15, 0.2) is 24.3 Å². The summed E-state index contributed by atoms with van der Waals surface area (Å²) in [5.74, 6) is -0.200. The van der Waals surface area contributed by atoms with E-state index in [1.54, 1.807) is 12.1 Å². The molecule has 2 rings (SSSR count). The van der Waals surface area contributed by atoms with Crippen LogP contribution < -0.4 is 10.1 Å². The minimum Gasteiger partial charge on any atom is -0.406 e. The summed E-state index contributed by atoms with van der Waals surface area (Å²) in [6.07, 6.45) is -4.50. The highest BCUT2D eigenvalue weighted by Crippen LogP contribution is 2.23. The molecule has 1 heterocycles. The van der Waals surface area contributed by atoms with Gasteiger partial charge in [0.05, 0.1) is 12.7 Å². The van der Waals surface area contributed by atoms with Gasteiger partial charge in [0.15, 0.2) is 0 Å². The lowest BCUT2D eigenvalue weighted by Gasteiger charge is -2.28. The summed E-state index contributed by atoms with van der Waals surface area (Å²) in [7, 11) is 1.96. The van der Waals surface area contributed by atoms with Crippen LogP contribution in [0.1, 0.15) is 5.56 Å². The third-order valence-electron chi connectivity index (χ3n) is 3.13. The molecule has 0 aliphatic carbocycles. The van der Waals surface area contributed by atoms with Gasteiger partial charge < -0.3 is 14.8 Å². The summed E-state index contributed by atoms with van der Waals surface area (Å²) in [5.41, 5.74) is 0.927. The number of halogens is 3. The van der Waals surface area contributed by atoms with Crippen LogP contribution in [-0.2, 0) is 11.3 Å². The predicted octanol–water partition coefficient (Wildman–Crippen LogP) is 2.01. The Bertz CT molecular complexity index is 431. The molecule has 1 saturated heterocycles. The van der Waals surface area contributed by atoms with Crippen molar-refractivity contribution in [3.05, 3.63) is 29.8 Å². The van der Waals surface area contributed by atoms with E-state index in [1.807, 2.05) is 7.05 Å². The number of hydrogen-bond acceptors (Lipinski definition) is 4. The first kappa shape index (κ1) is 16.1. The molecule has 1 atom stereocenters. The Morgan fingerprint density at radius 3 is 2.62 bits per heavy atom. The van der Waals surface area contributed by atoms with Crippen molar-refractivity contribution in [2.24, 2.45) is 0 Å². The van der Waals surface area contributed by atoms with Crippen LogP contribution in [0.4, 0.5) is 13.2 Å². The van der Waals surface area contributed by atoms with E-state index in [2.05, 4.69) is 15.0 Å². The van der Waals surface area contributed by atoms with Gasteiger partial charge in [-0.1, -0.05) is 12.1 Å². The zero-order valence-corrected chi connectivity index (χ0v) is 11.8. The Kier molecular flexibility index (Phi) is 5.44. The van der Waals surface area contributed by atoms with Crippen LogP contribution in [0.2, 0.25) is 0 Å². The smallest absolute Gasteiger partial charge is 0.406 e. The molecule has 1 aliphatic heterocycles. The predicted molar refractivity (Wildman–Crippen MR) is 72.1 cm³/mol. The van der Waals surface area contributed by atoms with Crippen molar-refractivity contribution in [3.63, 3.8) is 0 Å². The Balaban J connectivity index is 1.81. The first-order chi connectivity index (χ1) is 9.92. The lowest BCUT2D eigenvalue weighted by molar-refractivity contribution is -0.274. The van der Waals surface area contributed by atoms with E-state index < -0.39 is 6.36 Å². The minimum absolute atomic E-state index is 0.150. The molecule has 0 amide bonds. The summed E-state index contributed by atoms with van der Waals surface area (Å²) < 4.78 is 45.6. The van der Waals surface area contributed by atoms with E-state index >= 15 is 0 Å². The molecule has 21 heavy (non-hydrogen) atoms. The van der Waals surface area contributed by atoms with Crippen LogP contribution in [0.5, 0.6) is 5.75 Å². The van der Waals surface area contributed by atoms with E-state index in [-0.39, 0.29) is 11.9 Å².